The SMILES string of the molecule is O=COc1cc(Cl)n(-c2ccc(F)cc2)n1. The van der Waals surface area contributed by atoms with Crippen LogP contribution in [-0.2, 0) is 4.79 Å². The fourth-order valence-corrected chi connectivity index (χ4v) is 1.44. The number of aromatic nitrogens is 2. The van der Waals surface area contributed by atoms with Gasteiger partial charge in [-0.3, -0.25) is 4.79 Å². The summed E-state index contributed by atoms with van der Waals surface area (Å²) in [7, 11) is 0. The van der Waals surface area contributed by atoms with Crippen molar-refractivity contribution >= 4 is 18.1 Å². The van der Waals surface area contributed by atoms with E-state index < -0.39 is 0 Å². The topological polar surface area (TPSA) is 44.1 Å². The molecule has 0 amide bonds. The Hall–Kier alpha value is -1.88. The average molecular weight is 241 g/mol. The maximum Gasteiger partial charge on any atom is 0.299 e. The van der Waals surface area contributed by atoms with Crippen LogP contribution >= 0.6 is 11.6 Å². The van der Waals surface area contributed by atoms with Gasteiger partial charge in [0.2, 0.25) is 5.88 Å². The lowest BCUT2D eigenvalue weighted by molar-refractivity contribution is -0.120. The van der Waals surface area contributed by atoms with Crippen molar-refractivity contribution in [2.24, 2.45) is 0 Å². The van der Waals surface area contributed by atoms with E-state index in [2.05, 4.69) is 9.84 Å². The third-order valence-corrected chi connectivity index (χ3v) is 2.15. The maximum atomic E-state index is 12.7. The predicted octanol–water partition coefficient (Wildman–Crippen LogP) is 2.20. The van der Waals surface area contributed by atoms with Crippen LogP contribution in [0.5, 0.6) is 5.88 Å². The smallest absolute Gasteiger partial charge is 0.299 e. The van der Waals surface area contributed by atoms with Crippen molar-refractivity contribution in [1.29, 1.82) is 0 Å². The first kappa shape index (κ1) is 10.6. The van der Waals surface area contributed by atoms with Gasteiger partial charge in [-0.2, -0.15) is 0 Å². The summed E-state index contributed by atoms with van der Waals surface area (Å²) in [6, 6.07) is 6.98. The summed E-state index contributed by atoms with van der Waals surface area (Å²) in [5, 5.41) is 4.18. The largest absolute Gasteiger partial charge is 0.408 e. The lowest BCUT2D eigenvalue weighted by Crippen LogP contribution is -1.97. The Morgan fingerprint density at radius 1 is 1.38 bits per heavy atom. The van der Waals surface area contributed by atoms with Gasteiger partial charge in [-0.25, -0.2) is 9.07 Å². The first-order valence-electron chi connectivity index (χ1n) is 4.32. The minimum atomic E-state index is -0.351. The number of nitrogens with zero attached hydrogens (tertiary/aromatic N) is 2. The van der Waals surface area contributed by atoms with E-state index in [-0.39, 0.29) is 23.3 Å². The molecular weight excluding hydrogens is 235 g/mol. The molecule has 0 fully saturated rings. The molecule has 0 saturated heterocycles. The molecule has 0 aliphatic rings. The van der Waals surface area contributed by atoms with Gasteiger partial charge in [-0.1, -0.05) is 11.6 Å². The van der Waals surface area contributed by atoms with Gasteiger partial charge in [0, 0.05) is 6.07 Å². The molecule has 1 heterocycles. The summed E-state index contributed by atoms with van der Waals surface area (Å²) in [4.78, 5) is 10.1. The second kappa shape index (κ2) is 4.32. The molecule has 0 aliphatic heterocycles. The standard InChI is InChI=1S/C10H6ClFN2O2/c11-9-5-10(16-6-15)13-14(9)8-3-1-7(12)2-4-8/h1-6H. The van der Waals surface area contributed by atoms with Crippen molar-refractivity contribution in [3.63, 3.8) is 0 Å². The van der Waals surface area contributed by atoms with Crippen LogP contribution in [0.1, 0.15) is 0 Å². The summed E-state index contributed by atoms with van der Waals surface area (Å²) >= 11 is 5.87. The Morgan fingerprint density at radius 3 is 2.69 bits per heavy atom. The van der Waals surface area contributed by atoms with Crippen LogP contribution in [0.25, 0.3) is 5.69 Å². The lowest BCUT2D eigenvalue weighted by atomic mass is 10.3. The van der Waals surface area contributed by atoms with E-state index in [0.717, 1.165) is 0 Å². The predicted molar refractivity (Wildman–Crippen MR) is 55.2 cm³/mol. The van der Waals surface area contributed by atoms with Gasteiger partial charge in [-0.15, -0.1) is 5.10 Å². The van der Waals surface area contributed by atoms with Crippen molar-refractivity contribution in [2.75, 3.05) is 0 Å². The van der Waals surface area contributed by atoms with Gasteiger partial charge in [0.15, 0.2) is 0 Å². The lowest BCUT2D eigenvalue weighted by Gasteiger charge is -2.01. The number of rotatable bonds is 3. The van der Waals surface area contributed by atoms with Gasteiger partial charge in [0.05, 0.1) is 5.69 Å². The highest BCUT2D eigenvalue weighted by Crippen LogP contribution is 2.21. The molecule has 16 heavy (non-hydrogen) atoms. The number of hydrogen-bond donors (Lipinski definition) is 0. The molecule has 0 bridgehead atoms. The monoisotopic (exact) mass is 240 g/mol. The minimum absolute atomic E-state index is 0.0873. The molecule has 1 aromatic carbocycles. The highest BCUT2D eigenvalue weighted by Gasteiger charge is 2.08. The first-order chi connectivity index (χ1) is 7.70. The molecule has 0 spiro atoms. The molecular formula is C10H6ClFN2O2. The Balaban J connectivity index is 2.39. The maximum absolute atomic E-state index is 12.7. The van der Waals surface area contributed by atoms with Gasteiger partial charge in [0.25, 0.3) is 6.47 Å². The van der Waals surface area contributed by atoms with E-state index in [1.54, 1.807) is 0 Å². The molecule has 0 unspecified atom stereocenters. The van der Waals surface area contributed by atoms with E-state index in [4.69, 9.17) is 11.6 Å². The van der Waals surface area contributed by atoms with Crippen molar-refractivity contribution in [1.82, 2.24) is 9.78 Å². The highest BCUT2D eigenvalue weighted by atomic mass is 35.5. The molecule has 1 aromatic heterocycles. The minimum Gasteiger partial charge on any atom is -0.408 e. The Labute approximate surface area is 95.2 Å². The molecule has 2 rings (SSSR count). The molecule has 0 saturated carbocycles. The Kier molecular flexibility index (Phi) is 2.87. The van der Waals surface area contributed by atoms with E-state index in [0.29, 0.717) is 5.69 Å². The zero-order valence-electron chi connectivity index (χ0n) is 7.93. The quantitative estimate of drug-likeness (QED) is 0.773. The number of hydrogen-bond acceptors (Lipinski definition) is 3. The van der Waals surface area contributed by atoms with Crippen molar-refractivity contribution in [3.05, 3.63) is 41.3 Å². The Bertz CT molecular complexity index is 510. The van der Waals surface area contributed by atoms with Crippen LogP contribution in [0.4, 0.5) is 4.39 Å². The number of carbonyl (C=O) groups excluding carboxylic acids is 1. The van der Waals surface area contributed by atoms with Crippen LogP contribution < -0.4 is 4.74 Å². The van der Waals surface area contributed by atoms with Crippen molar-refractivity contribution in [2.45, 2.75) is 0 Å². The molecule has 0 aliphatic carbocycles. The van der Waals surface area contributed by atoms with E-state index in [1.165, 1.54) is 35.0 Å². The average Bonchev–Trinajstić information content (AvgIpc) is 2.61. The molecule has 0 radical (unpaired) electrons. The van der Waals surface area contributed by atoms with E-state index in [1.807, 2.05) is 0 Å². The summed E-state index contributed by atoms with van der Waals surface area (Å²) < 4.78 is 18.6. The molecule has 0 atom stereocenters. The van der Waals surface area contributed by atoms with Crippen LogP contribution in [0, 0.1) is 5.82 Å². The van der Waals surface area contributed by atoms with Gasteiger partial charge in [-0.05, 0) is 24.3 Å². The van der Waals surface area contributed by atoms with Crippen LogP contribution in [-0.4, -0.2) is 16.3 Å². The summed E-state index contributed by atoms with van der Waals surface area (Å²) in [6.45, 7) is 0.258. The van der Waals surface area contributed by atoms with Gasteiger partial charge >= 0.3 is 0 Å². The normalized spacial score (nSPS) is 10.1. The van der Waals surface area contributed by atoms with Gasteiger partial charge in [0.1, 0.15) is 11.0 Å². The third-order valence-electron chi connectivity index (χ3n) is 1.88. The molecule has 6 heteroatoms. The summed E-state index contributed by atoms with van der Waals surface area (Å²) in [5.74, 6) is -0.263. The highest BCUT2D eigenvalue weighted by molar-refractivity contribution is 6.29. The number of halogens is 2. The van der Waals surface area contributed by atoms with Crippen molar-refractivity contribution < 1.29 is 13.9 Å². The van der Waals surface area contributed by atoms with Crippen LogP contribution in [0.2, 0.25) is 5.15 Å². The first-order valence-corrected chi connectivity index (χ1v) is 4.70. The zero-order chi connectivity index (χ0) is 11.5. The van der Waals surface area contributed by atoms with E-state index in [9.17, 15) is 9.18 Å². The number of benzene rings is 1. The van der Waals surface area contributed by atoms with E-state index >= 15 is 0 Å². The third kappa shape index (κ3) is 2.04. The molecule has 0 N–H and O–H groups in total. The second-order valence-electron chi connectivity index (χ2n) is 2.91. The summed E-state index contributed by atoms with van der Waals surface area (Å²) in [6.07, 6.45) is 0. The Morgan fingerprint density at radius 2 is 2.06 bits per heavy atom. The van der Waals surface area contributed by atoms with Crippen molar-refractivity contribution in [3.8, 4) is 11.6 Å². The molecule has 82 valence electrons. The number of ether oxygens (including phenoxy) is 1. The fourth-order valence-electron chi connectivity index (χ4n) is 1.21. The fraction of sp³-hybridized carbons (Fsp3) is 0. The zero-order valence-corrected chi connectivity index (χ0v) is 8.69. The van der Waals surface area contributed by atoms with Crippen LogP contribution in [0.3, 0.4) is 0 Å². The second-order valence-corrected chi connectivity index (χ2v) is 3.29. The number of carbonyl (C=O) groups is 1. The molecule has 2 aromatic rings. The summed E-state index contributed by atoms with van der Waals surface area (Å²) in [5.41, 5.74) is 0.576. The van der Waals surface area contributed by atoms with Crippen LogP contribution in [0.15, 0.2) is 30.3 Å². The molecule has 4 nitrogen and oxygen atoms in total. The van der Waals surface area contributed by atoms with Gasteiger partial charge < -0.3 is 4.74 Å².